The van der Waals surface area contributed by atoms with Crippen LogP contribution in [0.25, 0.3) is 0 Å². The molecule has 1 aromatic rings. The van der Waals surface area contributed by atoms with Gasteiger partial charge in [0, 0.05) is 18.9 Å². The van der Waals surface area contributed by atoms with Crippen LogP contribution in [0.1, 0.15) is 55.8 Å². The maximum atomic E-state index is 13.0. The van der Waals surface area contributed by atoms with E-state index < -0.39 is 6.17 Å². The molecule has 1 aliphatic carbocycles. The van der Waals surface area contributed by atoms with Gasteiger partial charge in [0.15, 0.2) is 5.82 Å². The van der Waals surface area contributed by atoms with Crippen molar-refractivity contribution in [3.63, 3.8) is 0 Å². The highest BCUT2D eigenvalue weighted by molar-refractivity contribution is 5.02. The molecule has 88 valence electrons. The number of hydrogen-bond acceptors (Lipinski definition) is 4. The number of alkyl halides is 1. The lowest BCUT2D eigenvalue weighted by molar-refractivity contribution is 0.321. The van der Waals surface area contributed by atoms with E-state index >= 15 is 0 Å². The van der Waals surface area contributed by atoms with Crippen molar-refractivity contribution in [1.82, 2.24) is 15.5 Å². The number of halogens is 1. The Kier molecular flexibility index (Phi) is 2.63. The third-order valence-corrected chi connectivity index (χ3v) is 3.55. The standard InChI is InChI=1S/C11H16FN3O/c12-8-5-9(13-6-8)11-14-10(15-16-11)7-3-1-2-4-7/h7-9,13H,1-6H2. The fraction of sp³-hybridized carbons (Fsp3) is 0.818. The van der Waals surface area contributed by atoms with E-state index in [-0.39, 0.29) is 6.04 Å². The first-order chi connectivity index (χ1) is 7.83. The molecule has 2 heterocycles. The molecule has 16 heavy (non-hydrogen) atoms. The molecule has 0 radical (unpaired) electrons. The summed E-state index contributed by atoms with van der Waals surface area (Å²) in [5.41, 5.74) is 0. The fourth-order valence-electron chi connectivity index (χ4n) is 2.62. The molecule has 3 rings (SSSR count). The van der Waals surface area contributed by atoms with E-state index in [0.29, 0.717) is 24.8 Å². The minimum atomic E-state index is -0.785. The summed E-state index contributed by atoms with van der Waals surface area (Å²) in [6.07, 6.45) is 4.48. The summed E-state index contributed by atoms with van der Waals surface area (Å²) in [6, 6.07) is -0.0855. The molecule has 1 saturated heterocycles. The number of rotatable bonds is 2. The van der Waals surface area contributed by atoms with E-state index in [1.807, 2.05) is 0 Å². The first-order valence-electron chi connectivity index (χ1n) is 6.04. The Hall–Kier alpha value is -0.970. The van der Waals surface area contributed by atoms with Crippen molar-refractivity contribution in [2.24, 2.45) is 0 Å². The second kappa shape index (κ2) is 4.13. The van der Waals surface area contributed by atoms with Gasteiger partial charge in [-0.1, -0.05) is 18.0 Å². The van der Waals surface area contributed by atoms with Gasteiger partial charge in [-0.2, -0.15) is 4.98 Å². The lowest BCUT2D eigenvalue weighted by Crippen LogP contribution is -2.14. The Morgan fingerprint density at radius 2 is 2.12 bits per heavy atom. The Balaban J connectivity index is 1.72. The lowest BCUT2D eigenvalue weighted by atomic mass is 10.1. The summed E-state index contributed by atoms with van der Waals surface area (Å²) in [7, 11) is 0. The highest BCUT2D eigenvalue weighted by Gasteiger charge is 2.30. The summed E-state index contributed by atoms with van der Waals surface area (Å²) < 4.78 is 18.2. The van der Waals surface area contributed by atoms with Crippen LogP contribution in [0.3, 0.4) is 0 Å². The third-order valence-electron chi connectivity index (χ3n) is 3.55. The van der Waals surface area contributed by atoms with Crippen molar-refractivity contribution in [2.75, 3.05) is 6.54 Å². The van der Waals surface area contributed by atoms with Crippen molar-refractivity contribution in [2.45, 2.75) is 50.2 Å². The largest absolute Gasteiger partial charge is 0.338 e. The summed E-state index contributed by atoms with van der Waals surface area (Å²) in [6.45, 7) is 0.395. The van der Waals surface area contributed by atoms with Gasteiger partial charge in [-0.15, -0.1) is 0 Å². The molecule has 4 nitrogen and oxygen atoms in total. The predicted molar refractivity (Wildman–Crippen MR) is 55.8 cm³/mol. The van der Waals surface area contributed by atoms with Gasteiger partial charge in [0.25, 0.3) is 0 Å². The van der Waals surface area contributed by atoms with E-state index in [0.717, 1.165) is 18.7 Å². The van der Waals surface area contributed by atoms with Crippen LogP contribution in [0.4, 0.5) is 4.39 Å². The van der Waals surface area contributed by atoms with Crippen molar-refractivity contribution in [3.05, 3.63) is 11.7 Å². The maximum Gasteiger partial charge on any atom is 0.243 e. The molecule has 0 spiro atoms. The van der Waals surface area contributed by atoms with Gasteiger partial charge in [0.05, 0.1) is 6.04 Å². The van der Waals surface area contributed by atoms with Crippen molar-refractivity contribution >= 4 is 0 Å². The number of nitrogens with one attached hydrogen (secondary N) is 1. The molecule has 1 aliphatic heterocycles. The predicted octanol–water partition coefficient (Wildman–Crippen LogP) is 2.10. The lowest BCUT2D eigenvalue weighted by Gasteiger charge is -2.02. The van der Waals surface area contributed by atoms with Crippen molar-refractivity contribution < 1.29 is 8.91 Å². The molecule has 2 atom stereocenters. The molecule has 2 unspecified atom stereocenters. The minimum Gasteiger partial charge on any atom is -0.338 e. The van der Waals surface area contributed by atoms with Gasteiger partial charge in [-0.25, -0.2) is 4.39 Å². The zero-order valence-corrected chi connectivity index (χ0v) is 9.16. The normalized spacial score (nSPS) is 31.3. The Bertz CT molecular complexity index is 362. The smallest absolute Gasteiger partial charge is 0.243 e. The quantitative estimate of drug-likeness (QED) is 0.837. The summed E-state index contributed by atoms with van der Waals surface area (Å²) in [5.74, 6) is 1.83. The first-order valence-corrected chi connectivity index (χ1v) is 6.04. The average molecular weight is 225 g/mol. The minimum absolute atomic E-state index is 0.0855. The zero-order valence-electron chi connectivity index (χ0n) is 9.16. The molecule has 0 bridgehead atoms. The molecule has 5 heteroatoms. The van der Waals surface area contributed by atoms with Gasteiger partial charge in [-0.05, 0) is 12.8 Å². The Labute approximate surface area is 93.6 Å². The zero-order chi connectivity index (χ0) is 11.0. The van der Waals surface area contributed by atoms with Crippen LogP contribution < -0.4 is 5.32 Å². The maximum absolute atomic E-state index is 13.0. The van der Waals surface area contributed by atoms with E-state index in [1.165, 1.54) is 12.8 Å². The molecule has 1 aromatic heterocycles. The average Bonchev–Trinajstić information content (AvgIpc) is 2.97. The molecule has 0 aromatic carbocycles. The van der Waals surface area contributed by atoms with Crippen LogP contribution in [0.15, 0.2) is 4.52 Å². The fourth-order valence-corrected chi connectivity index (χ4v) is 2.62. The summed E-state index contributed by atoms with van der Waals surface area (Å²) in [5, 5.41) is 7.07. The topological polar surface area (TPSA) is 51.0 Å². The monoisotopic (exact) mass is 225 g/mol. The summed E-state index contributed by atoms with van der Waals surface area (Å²) >= 11 is 0. The summed E-state index contributed by atoms with van der Waals surface area (Å²) in [4.78, 5) is 4.40. The van der Waals surface area contributed by atoms with Crippen LogP contribution in [0.5, 0.6) is 0 Å². The van der Waals surface area contributed by atoms with Gasteiger partial charge < -0.3 is 9.84 Å². The molecular weight excluding hydrogens is 209 g/mol. The molecule has 2 fully saturated rings. The molecule has 1 saturated carbocycles. The van der Waals surface area contributed by atoms with Gasteiger partial charge in [-0.3, -0.25) is 0 Å². The van der Waals surface area contributed by atoms with Crippen LogP contribution >= 0.6 is 0 Å². The third kappa shape index (κ3) is 1.84. The first kappa shape index (κ1) is 10.2. The Morgan fingerprint density at radius 1 is 1.31 bits per heavy atom. The SMILES string of the molecule is FC1CNC(c2nc(C3CCCC3)no2)C1. The highest BCUT2D eigenvalue weighted by Crippen LogP contribution is 2.33. The second-order valence-corrected chi connectivity index (χ2v) is 4.77. The molecule has 0 amide bonds. The van der Waals surface area contributed by atoms with Gasteiger partial charge in [0.2, 0.25) is 5.89 Å². The van der Waals surface area contributed by atoms with E-state index in [9.17, 15) is 4.39 Å². The van der Waals surface area contributed by atoms with Crippen LogP contribution in [0.2, 0.25) is 0 Å². The highest BCUT2D eigenvalue weighted by atomic mass is 19.1. The van der Waals surface area contributed by atoms with Crippen molar-refractivity contribution in [1.29, 1.82) is 0 Å². The van der Waals surface area contributed by atoms with Crippen molar-refractivity contribution in [3.8, 4) is 0 Å². The van der Waals surface area contributed by atoms with E-state index in [1.54, 1.807) is 0 Å². The molecular formula is C11H16FN3O. The van der Waals surface area contributed by atoms with E-state index in [4.69, 9.17) is 4.52 Å². The van der Waals surface area contributed by atoms with Crippen LogP contribution in [0, 0.1) is 0 Å². The van der Waals surface area contributed by atoms with Crippen LogP contribution in [-0.2, 0) is 0 Å². The van der Waals surface area contributed by atoms with E-state index in [2.05, 4.69) is 15.5 Å². The second-order valence-electron chi connectivity index (χ2n) is 4.77. The van der Waals surface area contributed by atoms with Gasteiger partial charge in [0.1, 0.15) is 6.17 Å². The molecule has 2 aliphatic rings. The van der Waals surface area contributed by atoms with Gasteiger partial charge >= 0.3 is 0 Å². The number of aromatic nitrogens is 2. The Morgan fingerprint density at radius 3 is 2.81 bits per heavy atom. The number of nitrogens with zero attached hydrogens (tertiary/aromatic N) is 2. The molecule has 1 N–H and O–H groups in total. The van der Waals surface area contributed by atoms with Crippen LogP contribution in [-0.4, -0.2) is 22.9 Å². The number of hydrogen-bond donors (Lipinski definition) is 1.